The van der Waals surface area contributed by atoms with Gasteiger partial charge in [0.15, 0.2) is 0 Å². The average Bonchev–Trinajstić information content (AvgIpc) is 2.45. The Hall–Kier alpha value is -0.210. The van der Waals surface area contributed by atoms with Crippen LogP contribution in [0.5, 0.6) is 0 Å². The first kappa shape index (κ1) is 16.2. The van der Waals surface area contributed by atoms with E-state index in [1.807, 2.05) is 0 Å². The molecule has 6 nitrogen and oxygen atoms in total. The van der Waals surface area contributed by atoms with E-state index < -0.39 is 10.2 Å². The molecule has 0 radical (unpaired) electrons. The Labute approximate surface area is 122 Å². The van der Waals surface area contributed by atoms with Crippen LogP contribution in [0.25, 0.3) is 0 Å². The molecule has 0 unspecified atom stereocenters. The van der Waals surface area contributed by atoms with Crippen LogP contribution in [-0.4, -0.2) is 70.1 Å². The molecule has 20 heavy (non-hydrogen) atoms. The quantitative estimate of drug-likeness (QED) is 0.716. The van der Waals surface area contributed by atoms with Crippen LogP contribution in [0.4, 0.5) is 0 Å². The third kappa shape index (κ3) is 4.96. The summed E-state index contributed by atoms with van der Waals surface area (Å²) in [5.41, 5.74) is 0. The number of hydrogen-bond acceptors (Lipinski definition) is 4. The Morgan fingerprint density at radius 2 is 2.00 bits per heavy atom. The third-order valence-corrected chi connectivity index (χ3v) is 5.58. The fourth-order valence-electron chi connectivity index (χ4n) is 2.78. The number of nitrogens with zero attached hydrogens (tertiary/aromatic N) is 2. The number of morpholine rings is 1. The molecule has 0 saturated carbocycles. The highest BCUT2D eigenvalue weighted by Gasteiger charge is 2.26. The molecule has 0 aromatic carbocycles. The maximum atomic E-state index is 12.2. The SMILES string of the molecule is C[C@H]1CCCN(S(=O)(=O)NCCCN2CCOCC2)C1. The maximum Gasteiger partial charge on any atom is 0.279 e. The van der Waals surface area contributed by atoms with Crippen LogP contribution in [0.1, 0.15) is 26.2 Å². The molecule has 2 rings (SSSR count). The van der Waals surface area contributed by atoms with Gasteiger partial charge in [-0.05, 0) is 31.7 Å². The molecule has 2 fully saturated rings. The summed E-state index contributed by atoms with van der Waals surface area (Å²) >= 11 is 0. The summed E-state index contributed by atoms with van der Waals surface area (Å²) in [6, 6.07) is 0. The van der Waals surface area contributed by atoms with E-state index in [9.17, 15) is 8.42 Å². The van der Waals surface area contributed by atoms with Gasteiger partial charge < -0.3 is 4.74 Å². The van der Waals surface area contributed by atoms with Crippen molar-refractivity contribution in [3.8, 4) is 0 Å². The van der Waals surface area contributed by atoms with Gasteiger partial charge >= 0.3 is 0 Å². The number of piperidine rings is 1. The van der Waals surface area contributed by atoms with E-state index in [-0.39, 0.29) is 0 Å². The zero-order chi connectivity index (χ0) is 14.4. The molecule has 0 bridgehead atoms. The fraction of sp³-hybridized carbons (Fsp3) is 1.00. The van der Waals surface area contributed by atoms with Gasteiger partial charge in [0.05, 0.1) is 13.2 Å². The summed E-state index contributed by atoms with van der Waals surface area (Å²) in [4.78, 5) is 2.32. The minimum absolute atomic E-state index is 0.466. The number of nitrogens with one attached hydrogen (secondary N) is 1. The van der Waals surface area contributed by atoms with Crippen molar-refractivity contribution in [1.29, 1.82) is 0 Å². The molecule has 0 aromatic rings. The zero-order valence-corrected chi connectivity index (χ0v) is 13.2. The van der Waals surface area contributed by atoms with Crippen molar-refractivity contribution in [2.24, 2.45) is 5.92 Å². The van der Waals surface area contributed by atoms with Crippen molar-refractivity contribution in [2.45, 2.75) is 26.2 Å². The summed E-state index contributed by atoms with van der Waals surface area (Å²) in [6.07, 6.45) is 2.95. The van der Waals surface area contributed by atoms with E-state index in [1.165, 1.54) is 0 Å². The van der Waals surface area contributed by atoms with Crippen molar-refractivity contribution in [2.75, 3.05) is 52.5 Å². The predicted octanol–water partition coefficient (Wildman–Crippen LogP) is 0.275. The monoisotopic (exact) mass is 305 g/mol. The molecule has 1 N–H and O–H groups in total. The lowest BCUT2D eigenvalue weighted by atomic mass is 10.0. The van der Waals surface area contributed by atoms with Crippen LogP contribution in [0, 0.1) is 5.92 Å². The Balaban J connectivity index is 1.66. The highest BCUT2D eigenvalue weighted by Crippen LogP contribution is 2.17. The lowest BCUT2D eigenvalue weighted by Crippen LogP contribution is -2.46. The first-order valence-corrected chi connectivity index (χ1v) is 9.07. The second-order valence-corrected chi connectivity index (χ2v) is 7.57. The predicted molar refractivity (Wildman–Crippen MR) is 78.8 cm³/mol. The minimum Gasteiger partial charge on any atom is -0.379 e. The summed E-state index contributed by atoms with van der Waals surface area (Å²) in [6.45, 7) is 8.36. The van der Waals surface area contributed by atoms with Crippen LogP contribution in [0.15, 0.2) is 0 Å². The molecule has 1 atom stereocenters. The van der Waals surface area contributed by atoms with Crippen LogP contribution < -0.4 is 4.72 Å². The molecule has 0 spiro atoms. The Morgan fingerprint density at radius 1 is 1.25 bits per heavy atom. The van der Waals surface area contributed by atoms with E-state index in [0.29, 0.717) is 25.6 Å². The second-order valence-electron chi connectivity index (χ2n) is 5.81. The van der Waals surface area contributed by atoms with Crippen molar-refractivity contribution in [1.82, 2.24) is 13.9 Å². The smallest absolute Gasteiger partial charge is 0.279 e. The molecule has 0 amide bonds. The molecular formula is C13H27N3O3S. The molecular weight excluding hydrogens is 278 g/mol. The van der Waals surface area contributed by atoms with E-state index in [1.54, 1.807) is 4.31 Å². The van der Waals surface area contributed by atoms with Crippen molar-refractivity contribution >= 4 is 10.2 Å². The first-order valence-electron chi connectivity index (χ1n) is 7.63. The van der Waals surface area contributed by atoms with Crippen molar-refractivity contribution in [3.63, 3.8) is 0 Å². The highest BCUT2D eigenvalue weighted by molar-refractivity contribution is 7.87. The number of hydrogen-bond donors (Lipinski definition) is 1. The van der Waals surface area contributed by atoms with E-state index >= 15 is 0 Å². The van der Waals surface area contributed by atoms with Gasteiger partial charge in [0.1, 0.15) is 0 Å². The topological polar surface area (TPSA) is 61.9 Å². The molecule has 2 aliphatic heterocycles. The molecule has 2 saturated heterocycles. The maximum absolute atomic E-state index is 12.2. The largest absolute Gasteiger partial charge is 0.379 e. The van der Waals surface area contributed by atoms with Gasteiger partial charge in [0, 0.05) is 32.7 Å². The summed E-state index contributed by atoms with van der Waals surface area (Å²) in [5, 5.41) is 0. The van der Waals surface area contributed by atoms with Crippen LogP contribution >= 0.6 is 0 Å². The third-order valence-electron chi connectivity index (χ3n) is 4.00. The van der Waals surface area contributed by atoms with Gasteiger partial charge in [-0.3, -0.25) is 4.90 Å². The first-order chi connectivity index (χ1) is 9.58. The molecule has 118 valence electrons. The molecule has 0 aromatic heterocycles. The number of ether oxygens (including phenoxy) is 1. The van der Waals surface area contributed by atoms with Crippen molar-refractivity contribution < 1.29 is 13.2 Å². The molecule has 2 aliphatic rings. The van der Waals surface area contributed by atoms with Crippen molar-refractivity contribution in [3.05, 3.63) is 0 Å². The van der Waals surface area contributed by atoms with Crippen LogP contribution in [0.3, 0.4) is 0 Å². The van der Waals surface area contributed by atoms with Gasteiger partial charge in [0.25, 0.3) is 10.2 Å². The molecule has 0 aliphatic carbocycles. The second kappa shape index (κ2) is 7.70. The Morgan fingerprint density at radius 3 is 2.70 bits per heavy atom. The lowest BCUT2D eigenvalue weighted by Gasteiger charge is -2.30. The normalized spacial score (nSPS) is 26.8. The lowest BCUT2D eigenvalue weighted by molar-refractivity contribution is 0.0376. The summed E-state index contributed by atoms with van der Waals surface area (Å²) in [7, 11) is -3.28. The standard InChI is InChI=1S/C13H27N3O3S/c1-13-4-2-7-16(12-13)20(17,18)14-5-3-6-15-8-10-19-11-9-15/h13-14H,2-12H2,1H3/t13-/m0/s1. The van der Waals surface area contributed by atoms with Gasteiger partial charge in [-0.15, -0.1) is 0 Å². The summed E-state index contributed by atoms with van der Waals surface area (Å²) < 4.78 is 33.9. The fourth-order valence-corrected chi connectivity index (χ4v) is 4.19. The van der Waals surface area contributed by atoms with Gasteiger partial charge in [-0.1, -0.05) is 6.92 Å². The van der Waals surface area contributed by atoms with Gasteiger partial charge in [0.2, 0.25) is 0 Å². The zero-order valence-electron chi connectivity index (χ0n) is 12.4. The van der Waals surface area contributed by atoms with E-state index in [2.05, 4.69) is 16.5 Å². The van der Waals surface area contributed by atoms with Crippen LogP contribution in [-0.2, 0) is 14.9 Å². The average molecular weight is 305 g/mol. The van der Waals surface area contributed by atoms with Gasteiger partial charge in [-0.2, -0.15) is 12.7 Å². The Kier molecular flexibility index (Phi) is 6.22. The minimum atomic E-state index is -3.28. The van der Waals surface area contributed by atoms with E-state index in [0.717, 1.165) is 52.1 Å². The summed E-state index contributed by atoms with van der Waals surface area (Å²) in [5.74, 6) is 0.466. The number of rotatable bonds is 6. The van der Waals surface area contributed by atoms with Crippen LogP contribution in [0.2, 0.25) is 0 Å². The highest BCUT2D eigenvalue weighted by atomic mass is 32.2. The van der Waals surface area contributed by atoms with Gasteiger partial charge in [-0.25, -0.2) is 4.72 Å². The van der Waals surface area contributed by atoms with E-state index in [4.69, 9.17) is 4.74 Å². The molecule has 2 heterocycles. The molecule has 7 heteroatoms. The Bertz CT molecular complexity index is 382.